The molecule has 0 aromatic heterocycles. The minimum atomic E-state index is -0.956. The number of nitrogens with one attached hydrogen (secondary N) is 1. The Morgan fingerprint density at radius 2 is 1.52 bits per heavy atom. The molecule has 2 rings (SSSR count). The number of aliphatic carboxylic acids is 1. The number of hydrogen-bond acceptors (Lipinski definition) is 4. The molecule has 2 N–H and O–H groups in total. The molecule has 2 fully saturated rings. The Morgan fingerprint density at radius 3 is 1.97 bits per heavy atom. The third kappa shape index (κ3) is 6.43. The largest absolute Gasteiger partial charge is 0.481 e. The van der Waals surface area contributed by atoms with Crippen molar-refractivity contribution in [1.82, 2.24) is 15.1 Å². The van der Waals surface area contributed by atoms with Gasteiger partial charge in [0.1, 0.15) is 6.04 Å². The van der Waals surface area contributed by atoms with E-state index in [9.17, 15) is 14.4 Å². The number of amides is 2. The average Bonchev–Trinajstić information content (AvgIpc) is 2.64. The van der Waals surface area contributed by atoms with Crippen molar-refractivity contribution < 1.29 is 19.5 Å². The minimum Gasteiger partial charge on any atom is -0.481 e. The predicted molar refractivity (Wildman–Crippen MR) is 112 cm³/mol. The molecule has 0 aromatic carbocycles. The average molecular weight is 410 g/mol. The van der Waals surface area contributed by atoms with E-state index in [0.717, 1.165) is 25.9 Å². The van der Waals surface area contributed by atoms with Crippen molar-refractivity contribution >= 4 is 17.8 Å². The molecule has 2 saturated heterocycles. The maximum atomic E-state index is 13.1. The summed E-state index contributed by atoms with van der Waals surface area (Å²) in [6.45, 7) is 13.5. The van der Waals surface area contributed by atoms with Gasteiger partial charge in [-0.15, -0.1) is 0 Å². The quantitative estimate of drug-likeness (QED) is 0.703. The molecular weight excluding hydrogens is 370 g/mol. The Kier molecular flexibility index (Phi) is 7.71. The van der Waals surface area contributed by atoms with Crippen LogP contribution in [0.25, 0.3) is 0 Å². The monoisotopic (exact) mass is 409 g/mol. The van der Waals surface area contributed by atoms with Crippen LogP contribution in [0.1, 0.15) is 73.1 Å². The molecule has 29 heavy (non-hydrogen) atoms. The number of hydrogen-bond donors (Lipinski definition) is 2. The van der Waals surface area contributed by atoms with Gasteiger partial charge in [-0.05, 0) is 64.5 Å². The van der Waals surface area contributed by atoms with Gasteiger partial charge in [-0.1, -0.05) is 20.8 Å². The summed E-state index contributed by atoms with van der Waals surface area (Å²) in [6.07, 6.45) is 4.32. The number of carboxylic acids is 1. The van der Waals surface area contributed by atoms with Gasteiger partial charge in [-0.25, -0.2) is 0 Å². The van der Waals surface area contributed by atoms with Crippen LogP contribution in [-0.2, 0) is 14.4 Å². The Labute approximate surface area is 175 Å². The second-order valence-corrected chi connectivity index (χ2v) is 10.2. The van der Waals surface area contributed by atoms with Crippen LogP contribution in [0.15, 0.2) is 0 Å². The first kappa shape index (κ1) is 23.6. The summed E-state index contributed by atoms with van der Waals surface area (Å²) in [5.74, 6) is -1.32. The number of carbonyl (C=O) groups is 3. The smallest absolute Gasteiger partial charge is 0.303 e. The predicted octanol–water partition coefficient (Wildman–Crippen LogP) is 2.50. The van der Waals surface area contributed by atoms with Gasteiger partial charge >= 0.3 is 5.97 Å². The summed E-state index contributed by atoms with van der Waals surface area (Å²) < 4.78 is 0. The maximum absolute atomic E-state index is 13.1. The molecule has 0 saturated carbocycles. The van der Waals surface area contributed by atoms with Gasteiger partial charge in [0.15, 0.2) is 0 Å². The van der Waals surface area contributed by atoms with Crippen molar-refractivity contribution in [3.05, 3.63) is 0 Å². The molecule has 2 aliphatic rings. The van der Waals surface area contributed by atoms with Crippen molar-refractivity contribution in [3.63, 3.8) is 0 Å². The lowest BCUT2D eigenvalue weighted by atomic mass is 9.71. The van der Waals surface area contributed by atoms with E-state index in [2.05, 4.69) is 24.1 Å². The topological polar surface area (TPSA) is 90.0 Å². The highest BCUT2D eigenvalue weighted by molar-refractivity contribution is 5.90. The van der Waals surface area contributed by atoms with Crippen LogP contribution in [0.5, 0.6) is 0 Å². The summed E-state index contributed by atoms with van der Waals surface area (Å²) in [6, 6.07) is -0.190. The molecule has 2 aliphatic heterocycles. The van der Waals surface area contributed by atoms with Crippen molar-refractivity contribution in [1.29, 1.82) is 0 Å². The molecule has 0 radical (unpaired) electrons. The van der Waals surface area contributed by atoms with Crippen LogP contribution in [0.2, 0.25) is 0 Å². The molecule has 2 amide bonds. The zero-order chi connectivity index (χ0) is 21.8. The van der Waals surface area contributed by atoms with Crippen LogP contribution in [0.3, 0.4) is 0 Å². The van der Waals surface area contributed by atoms with Gasteiger partial charge in [-0.2, -0.15) is 0 Å². The molecule has 1 atom stereocenters. The lowest BCUT2D eigenvalue weighted by Gasteiger charge is -2.48. The fraction of sp³-hybridized carbons (Fsp3) is 0.864. The summed E-state index contributed by atoms with van der Waals surface area (Å²) >= 11 is 0. The van der Waals surface area contributed by atoms with E-state index in [1.807, 2.05) is 4.90 Å². The third-order valence-electron chi connectivity index (χ3n) is 6.66. The number of nitrogens with zero attached hydrogens (tertiary/aromatic N) is 2. The van der Waals surface area contributed by atoms with E-state index in [4.69, 9.17) is 5.11 Å². The van der Waals surface area contributed by atoms with E-state index >= 15 is 0 Å². The molecule has 1 spiro atoms. The van der Waals surface area contributed by atoms with Gasteiger partial charge in [0, 0.05) is 31.0 Å². The van der Waals surface area contributed by atoms with E-state index in [1.54, 1.807) is 20.8 Å². The van der Waals surface area contributed by atoms with Crippen LogP contribution in [0, 0.1) is 10.8 Å². The third-order valence-corrected chi connectivity index (χ3v) is 6.66. The Bertz CT molecular complexity index is 594. The van der Waals surface area contributed by atoms with Crippen LogP contribution in [-0.4, -0.2) is 71.0 Å². The lowest BCUT2D eigenvalue weighted by Crippen LogP contribution is -2.55. The van der Waals surface area contributed by atoms with Gasteiger partial charge < -0.3 is 20.2 Å². The molecule has 0 aliphatic carbocycles. The van der Waals surface area contributed by atoms with Crippen molar-refractivity contribution in [2.45, 2.75) is 85.2 Å². The minimum absolute atomic E-state index is 0.126. The van der Waals surface area contributed by atoms with Gasteiger partial charge in [-0.3, -0.25) is 14.4 Å². The summed E-state index contributed by atoms with van der Waals surface area (Å²) in [7, 11) is 0. The number of rotatable bonds is 6. The van der Waals surface area contributed by atoms with Crippen molar-refractivity contribution in [2.75, 3.05) is 26.2 Å². The van der Waals surface area contributed by atoms with Gasteiger partial charge in [0.25, 0.3) is 0 Å². The Balaban J connectivity index is 1.96. The fourth-order valence-corrected chi connectivity index (χ4v) is 4.34. The van der Waals surface area contributed by atoms with Gasteiger partial charge in [0.2, 0.25) is 11.8 Å². The first-order valence-electron chi connectivity index (χ1n) is 11.0. The number of piperidine rings is 2. The van der Waals surface area contributed by atoms with E-state index in [0.29, 0.717) is 24.5 Å². The molecule has 166 valence electrons. The zero-order valence-electron chi connectivity index (χ0n) is 18.8. The SMILES string of the molecule is CC(C)N1CCC2(CCN(C(=O)C(CCC(=O)O)NC(=O)C(C)(C)C)CC2)CC1. The van der Waals surface area contributed by atoms with Gasteiger partial charge in [0.05, 0.1) is 0 Å². The molecule has 7 nitrogen and oxygen atoms in total. The maximum Gasteiger partial charge on any atom is 0.303 e. The number of carboxylic acid groups (broad SMARTS) is 1. The first-order valence-corrected chi connectivity index (χ1v) is 11.0. The molecular formula is C22H39N3O4. The fourth-order valence-electron chi connectivity index (χ4n) is 4.34. The first-order chi connectivity index (χ1) is 13.4. The second-order valence-electron chi connectivity index (χ2n) is 10.2. The van der Waals surface area contributed by atoms with Crippen molar-refractivity contribution in [3.8, 4) is 0 Å². The lowest BCUT2D eigenvalue weighted by molar-refractivity contribution is -0.142. The van der Waals surface area contributed by atoms with E-state index in [-0.39, 0.29) is 24.7 Å². The highest BCUT2D eigenvalue weighted by atomic mass is 16.4. The number of likely N-dealkylation sites (tertiary alicyclic amines) is 2. The molecule has 0 aromatic rings. The molecule has 0 bridgehead atoms. The number of carbonyl (C=O) groups excluding carboxylic acids is 2. The second kappa shape index (κ2) is 9.45. The summed E-state index contributed by atoms with van der Waals surface area (Å²) in [5.41, 5.74) is -0.300. The standard InChI is InChI=1S/C22H39N3O4/c1-16(2)24-12-8-22(9-13-24)10-14-25(15-11-22)19(28)17(6-7-18(26)27)23-20(29)21(3,4)5/h16-17H,6-15H2,1-5H3,(H,23,29)(H,26,27). The van der Waals surface area contributed by atoms with Crippen LogP contribution >= 0.6 is 0 Å². The van der Waals surface area contributed by atoms with Crippen LogP contribution < -0.4 is 5.32 Å². The van der Waals surface area contributed by atoms with E-state index in [1.165, 1.54) is 12.8 Å². The molecule has 1 unspecified atom stereocenters. The molecule has 7 heteroatoms. The van der Waals surface area contributed by atoms with Crippen molar-refractivity contribution in [2.24, 2.45) is 10.8 Å². The molecule has 2 heterocycles. The van der Waals surface area contributed by atoms with E-state index < -0.39 is 17.4 Å². The Morgan fingerprint density at radius 1 is 1.00 bits per heavy atom. The zero-order valence-corrected chi connectivity index (χ0v) is 18.8. The summed E-state index contributed by atoms with van der Waals surface area (Å²) in [5, 5.41) is 11.8. The summed E-state index contributed by atoms with van der Waals surface area (Å²) in [4.78, 5) is 40.9. The highest BCUT2D eigenvalue weighted by Gasteiger charge is 2.40. The Hall–Kier alpha value is -1.63. The highest BCUT2D eigenvalue weighted by Crippen LogP contribution is 2.41. The van der Waals surface area contributed by atoms with Crippen LogP contribution in [0.4, 0.5) is 0 Å². The normalized spacial score (nSPS) is 21.2.